The molecule has 0 radical (unpaired) electrons. The van der Waals surface area contributed by atoms with Gasteiger partial charge in [-0.05, 0) is 11.4 Å². The Morgan fingerprint density at radius 2 is 2.09 bits per heavy atom. The molecule has 2 rings (SSSR count). The molecule has 0 unspecified atom stereocenters. The van der Waals surface area contributed by atoms with E-state index in [0.29, 0.717) is 10.8 Å². The molecule has 1 N–H and O–H groups in total. The van der Waals surface area contributed by atoms with Crippen molar-refractivity contribution < 1.29 is 7.85 Å². The Kier molecular flexibility index (Phi) is 0.779. The zero-order valence-electron chi connectivity index (χ0n) is 8.79. The number of hydrogen-bond donors (Lipinski definition) is 1. The molecule has 2 aromatic carbocycles. The van der Waals surface area contributed by atoms with Crippen molar-refractivity contribution in [2.45, 2.75) is 0 Å². The molecule has 0 aliphatic heterocycles. The van der Waals surface area contributed by atoms with Gasteiger partial charge in [-0.25, -0.2) is 0 Å². The van der Waals surface area contributed by atoms with Crippen molar-refractivity contribution in [3.05, 3.63) is 42.4 Å². The van der Waals surface area contributed by atoms with E-state index in [1.165, 1.54) is 6.07 Å². The molecule has 0 bridgehead atoms. The van der Waals surface area contributed by atoms with E-state index in [-0.39, 0.29) is 17.8 Å². The standard InChI is InChI=1S/C10H8O/c11-10-7-3-5-8-4-1-2-6-9(8)10/h1-7,11H/i5D,7D/hD. The van der Waals surface area contributed by atoms with Crippen molar-refractivity contribution >= 4 is 10.8 Å². The lowest BCUT2D eigenvalue weighted by atomic mass is 10.1. The Morgan fingerprint density at radius 1 is 1.18 bits per heavy atom. The molecule has 0 fully saturated rings. The van der Waals surface area contributed by atoms with Gasteiger partial charge in [0.15, 0.2) is 0 Å². The van der Waals surface area contributed by atoms with Gasteiger partial charge in [-0.15, -0.1) is 0 Å². The van der Waals surface area contributed by atoms with Gasteiger partial charge in [-0.3, -0.25) is 0 Å². The summed E-state index contributed by atoms with van der Waals surface area (Å²) in [7, 11) is 0. The van der Waals surface area contributed by atoms with Crippen molar-refractivity contribution in [3.63, 3.8) is 0 Å². The SMILES string of the molecule is [2H]Oc1c([2H])cc([2H])c2ccccc12. The van der Waals surface area contributed by atoms with Crippen LogP contribution < -0.4 is 0 Å². The second kappa shape index (κ2) is 2.27. The Bertz CT molecular complexity index is 482. The summed E-state index contributed by atoms with van der Waals surface area (Å²) in [4.78, 5) is 0. The van der Waals surface area contributed by atoms with Crippen LogP contribution in [0.1, 0.15) is 2.74 Å². The van der Waals surface area contributed by atoms with Gasteiger partial charge in [0.05, 0.1) is 2.74 Å². The molecular weight excluding hydrogens is 136 g/mol. The van der Waals surface area contributed by atoms with Crippen LogP contribution in [0.5, 0.6) is 5.75 Å². The number of rotatable bonds is 1. The third-order valence-corrected chi connectivity index (χ3v) is 1.60. The van der Waals surface area contributed by atoms with Crippen molar-refractivity contribution in [1.82, 2.24) is 0 Å². The van der Waals surface area contributed by atoms with Gasteiger partial charge < -0.3 is 5.11 Å². The van der Waals surface area contributed by atoms with Crippen molar-refractivity contribution in [1.29, 1.82) is 1.43 Å². The summed E-state index contributed by atoms with van der Waals surface area (Å²) in [6.07, 6.45) is 0. The van der Waals surface area contributed by atoms with Crippen LogP contribution in [0.4, 0.5) is 0 Å². The molecule has 0 saturated carbocycles. The second-order valence-electron chi connectivity index (χ2n) is 2.31. The smallest absolute Gasteiger partial charge is 0.293 e. The summed E-state index contributed by atoms with van der Waals surface area (Å²) >= 11 is 0. The molecule has 1 heteroatoms. The highest BCUT2D eigenvalue weighted by Gasteiger charge is 1.94. The van der Waals surface area contributed by atoms with Crippen LogP contribution in [-0.4, -0.2) is 6.54 Å². The lowest BCUT2D eigenvalue weighted by Crippen LogP contribution is -1.70. The molecule has 0 amide bonds. The second-order valence-corrected chi connectivity index (χ2v) is 2.31. The van der Waals surface area contributed by atoms with Gasteiger partial charge in [0.1, 0.15) is 5.75 Å². The summed E-state index contributed by atoms with van der Waals surface area (Å²) in [6, 6.07) is 8.87. The third kappa shape index (κ3) is 0.944. The summed E-state index contributed by atoms with van der Waals surface area (Å²) in [6.45, 7) is 0. The van der Waals surface area contributed by atoms with E-state index in [0.717, 1.165) is 0 Å². The number of aromatic hydroxyl groups is 1. The predicted molar refractivity (Wildman–Crippen MR) is 45.6 cm³/mol. The van der Waals surface area contributed by atoms with E-state index in [2.05, 4.69) is 5.11 Å². The first-order chi connectivity index (χ1) is 6.74. The summed E-state index contributed by atoms with van der Waals surface area (Å²) in [5.41, 5.74) is 0. The molecule has 2 aromatic rings. The average Bonchev–Trinajstić information content (AvgIpc) is 2.18. The van der Waals surface area contributed by atoms with E-state index in [4.69, 9.17) is 4.17 Å². The summed E-state index contributed by atoms with van der Waals surface area (Å²) < 4.78 is 22.0. The van der Waals surface area contributed by atoms with Gasteiger partial charge in [0.25, 0.3) is 1.43 Å². The van der Waals surface area contributed by atoms with E-state index >= 15 is 0 Å². The minimum atomic E-state index is 0.0729. The van der Waals surface area contributed by atoms with Crippen LogP contribution in [0.25, 0.3) is 10.8 Å². The van der Waals surface area contributed by atoms with Gasteiger partial charge in [-0.1, -0.05) is 36.4 Å². The maximum absolute atomic E-state index is 7.64. The number of phenols is 1. The fourth-order valence-corrected chi connectivity index (χ4v) is 1.06. The molecule has 0 saturated heterocycles. The maximum atomic E-state index is 7.64. The highest BCUT2D eigenvalue weighted by molar-refractivity contribution is 5.87. The topological polar surface area (TPSA) is 20.2 Å². The molecule has 1 nitrogen and oxygen atoms in total. The normalized spacial score (nSPS) is 13.6. The quantitative estimate of drug-likeness (QED) is 0.657. The number of fused-ring (bicyclic) bond motifs is 1. The van der Waals surface area contributed by atoms with E-state index in [1.807, 2.05) is 6.07 Å². The number of phenolic OH excluding ortho intramolecular Hbond substituents is 1. The Morgan fingerprint density at radius 3 is 3.00 bits per heavy atom. The fraction of sp³-hybridized carbons (Fsp3) is 0. The largest absolute Gasteiger partial charge is 0.507 e. The molecule has 11 heavy (non-hydrogen) atoms. The lowest BCUT2D eigenvalue weighted by molar-refractivity contribution is 0.481. The van der Waals surface area contributed by atoms with Gasteiger partial charge in [0.2, 0.25) is 0 Å². The molecule has 0 aliphatic rings. The molecule has 54 valence electrons. The van der Waals surface area contributed by atoms with E-state index in [9.17, 15) is 0 Å². The first-order valence-electron chi connectivity index (χ1n) is 4.77. The zero-order chi connectivity index (χ0) is 10.1. The first-order valence-corrected chi connectivity index (χ1v) is 3.36. The minimum Gasteiger partial charge on any atom is -0.507 e. The highest BCUT2D eigenvalue weighted by atomic mass is 16.3. The minimum absolute atomic E-state index is 0.0729. The average molecular weight is 147 g/mol. The summed E-state index contributed by atoms with van der Waals surface area (Å²) in [5, 5.41) is 5.73. The van der Waals surface area contributed by atoms with Gasteiger partial charge in [0, 0.05) is 5.39 Å². The number of benzene rings is 2. The van der Waals surface area contributed by atoms with Crippen molar-refractivity contribution in [2.75, 3.05) is 0 Å². The molecule has 0 atom stereocenters. The number of hydrogen-bond acceptors (Lipinski definition) is 1. The van der Waals surface area contributed by atoms with Crippen LogP contribution >= 0.6 is 0 Å². The van der Waals surface area contributed by atoms with Crippen molar-refractivity contribution in [2.24, 2.45) is 0 Å². The van der Waals surface area contributed by atoms with Crippen LogP contribution in [0.3, 0.4) is 0 Å². The lowest BCUT2D eigenvalue weighted by Gasteiger charge is -1.97. The van der Waals surface area contributed by atoms with E-state index < -0.39 is 0 Å². The first kappa shape index (κ1) is 3.77. The predicted octanol–water partition coefficient (Wildman–Crippen LogP) is 2.55. The van der Waals surface area contributed by atoms with Crippen LogP contribution in [0.15, 0.2) is 42.4 Å². The monoisotopic (exact) mass is 147 g/mol. The molecule has 0 heterocycles. The molecule has 0 spiro atoms. The van der Waals surface area contributed by atoms with Crippen LogP contribution in [0.2, 0.25) is 0 Å². The molecule has 0 aromatic heterocycles. The molecule has 0 aliphatic carbocycles. The highest BCUT2D eigenvalue weighted by Crippen LogP contribution is 2.22. The summed E-state index contributed by atoms with van der Waals surface area (Å²) in [5.74, 6) is 0.205. The Labute approximate surface area is 69.2 Å². The van der Waals surface area contributed by atoms with Gasteiger partial charge in [-0.2, -0.15) is 0 Å². The van der Waals surface area contributed by atoms with E-state index in [1.54, 1.807) is 18.2 Å². The van der Waals surface area contributed by atoms with Crippen LogP contribution in [0, 0.1) is 0 Å². The Balaban J connectivity index is 2.90. The maximum Gasteiger partial charge on any atom is 0.293 e. The van der Waals surface area contributed by atoms with Gasteiger partial charge >= 0.3 is 0 Å². The van der Waals surface area contributed by atoms with Crippen LogP contribution in [-0.2, 0) is 0 Å². The Hall–Kier alpha value is -1.50. The fourth-order valence-electron chi connectivity index (χ4n) is 1.06. The third-order valence-electron chi connectivity index (χ3n) is 1.60. The zero-order valence-corrected chi connectivity index (χ0v) is 5.79. The van der Waals surface area contributed by atoms with Crippen molar-refractivity contribution in [3.8, 4) is 5.75 Å². The molecular formula is C10H8O.